The molecule has 1 aliphatic heterocycles. The molecule has 1 N–H and O–H groups in total. The fourth-order valence-corrected chi connectivity index (χ4v) is 5.94. The van der Waals surface area contributed by atoms with Gasteiger partial charge >= 0.3 is 5.91 Å². The van der Waals surface area contributed by atoms with Crippen molar-refractivity contribution in [1.29, 1.82) is 0 Å². The van der Waals surface area contributed by atoms with Gasteiger partial charge in [-0.3, -0.25) is 14.5 Å². The lowest BCUT2D eigenvalue weighted by Crippen LogP contribution is -2.29. The lowest BCUT2D eigenvalue weighted by atomic mass is 9.94. The normalized spacial score (nSPS) is 17.0. The average Bonchev–Trinajstić information content (AvgIpc) is 3.40. The van der Waals surface area contributed by atoms with Crippen molar-refractivity contribution in [3.05, 3.63) is 87.4 Å². The minimum Gasteiger partial charge on any atom is -0.507 e. The smallest absolute Gasteiger partial charge is 0.301 e. The van der Waals surface area contributed by atoms with E-state index in [1.807, 2.05) is 44.2 Å². The van der Waals surface area contributed by atoms with Crippen LogP contribution < -0.4 is 14.4 Å². The summed E-state index contributed by atoms with van der Waals surface area (Å²) >= 11 is 7.65. The standard InChI is InChI=1S/C28H23ClN2O5S/c1-14-6-5-7-16(10-14)23-22(24(32)18-11-15(2)12-19(29)26(18)36-4)25(33)27(34)31(23)28-30-20-9-8-17(35-3)13-21(20)37-28/h5-13,23,32H,1-4H3/b24-22+. The number of ether oxygens (including phenoxy) is 2. The molecule has 9 heteroatoms. The van der Waals surface area contributed by atoms with Gasteiger partial charge in [0, 0.05) is 0 Å². The molecule has 0 radical (unpaired) electrons. The SMILES string of the molecule is COc1ccc2nc(N3C(=O)C(=O)/C(=C(/O)c4cc(C)cc(Cl)c4OC)C3c3cccc(C)c3)sc2c1. The molecule has 188 valence electrons. The first kappa shape index (κ1) is 24.8. The van der Waals surface area contributed by atoms with Crippen LogP contribution in [0.15, 0.2) is 60.2 Å². The van der Waals surface area contributed by atoms with Gasteiger partial charge in [-0.05, 0) is 55.3 Å². The summed E-state index contributed by atoms with van der Waals surface area (Å²) in [6.45, 7) is 3.73. The summed E-state index contributed by atoms with van der Waals surface area (Å²) in [5.41, 5.74) is 3.19. The minimum atomic E-state index is -0.911. The number of carbonyl (C=O) groups is 2. The first-order valence-corrected chi connectivity index (χ1v) is 12.6. The monoisotopic (exact) mass is 534 g/mol. The van der Waals surface area contributed by atoms with Crippen LogP contribution in [0.3, 0.4) is 0 Å². The third-order valence-corrected chi connectivity index (χ3v) is 7.54. The Kier molecular flexibility index (Phi) is 6.39. The Morgan fingerprint density at radius 3 is 2.51 bits per heavy atom. The van der Waals surface area contributed by atoms with Crippen LogP contribution in [-0.4, -0.2) is 36.0 Å². The van der Waals surface area contributed by atoms with Gasteiger partial charge in [-0.25, -0.2) is 4.98 Å². The fourth-order valence-electron chi connectivity index (χ4n) is 4.57. The summed E-state index contributed by atoms with van der Waals surface area (Å²) in [7, 11) is 3.00. The highest BCUT2D eigenvalue weighted by atomic mass is 35.5. The van der Waals surface area contributed by atoms with E-state index >= 15 is 0 Å². The van der Waals surface area contributed by atoms with E-state index in [0.29, 0.717) is 22.0 Å². The number of benzene rings is 3. The van der Waals surface area contributed by atoms with E-state index in [9.17, 15) is 14.7 Å². The number of nitrogens with zero attached hydrogens (tertiary/aromatic N) is 2. The number of halogens is 1. The van der Waals surface area contributed by atoms with Crippen LogP contribution in [0.5, 0.6) is 11.5 Å². The van der Waals surface area contributed by atoms with Crippen molar-refractivity contribution in [1.82, 2.24) is 4.98 Å². The van der Waals surface area contributed by atoms with E-state index in [4.69, 9.17) is 21.1 Å². The van der Waals surface area contributed by atoms with E-state index in [-0.39, 0.29) is 27.7 Å². The summed E-state index contributed by atoms with van der Waals surface area (Å²) < 4.78 is 11.6. The second-order valence-corrected chi connectivity index (χ2v) is 10.2. The van der Waals surface area contributed by atoms with Crippen LogP contribution >= 0.6 is 22.9 Å². The molecule has 0 bridgehead atoms. The molecule has 0 saturated carbocycles. The number of hydrogen-bond donors (Lipinski definition) is 1. The second-order valence-electron chi connectivity index (χ2n) is 8.74. The fraction of sp³-hybridized carbons (Fsp3) is 0.179. The molecule has 1 aromatic heterocycles. The van der Waals surface area contributed by atoms with Crippen LogP contribution in [0.4, 0.5) is 5.13 Å². The Balaban J connectivity index is 1.77. The summed E-state index contributed by atoms with van der Waals surface area (Å²) in [5, 5.41) is 12.2. The Morgan fingerprint density at radius 2 is 1.81 bits per heavy atom. The highest BCUT2D eigenvalue weighted by molar-refractivity contribution is 7.22. The van der Waals surface area contributed by atoms with Gasteiger partial charge in [0.15, 0.2) is 5.13 Å². The molecule has 0 spiro atoms. The quantitative estimate of drug-likeness (QED) is 0.186. The zero-order valence-corrected chi connectivity index (χ0v) is 22.1. The predicted octanol–water partition coefficient (Wildman–Crippen LogP) is 6.21. The highest BCUT2D eigenvalue weighted by Gasteiger charge is 2.48. The third kappa shape index (κ3) is 4.22. The maximum absolute atomic E-state index is 13.5. The Labute approximate surface area is 222 Å². The van der Waals surface area contributed by atoms with Gasteiger partial charge in [0.2, 0.25) is 0 Å². The molecule has 1 saturated heterocycles. The zero-order valence-electron chi connectivity index (χ0n) is 20.5. The number of amides is 1. The number of hydrogen-bond acceptors (Lipinski definition) is 7. The maximum Gasteiger partial charge on any atom is 0.301 e. The molecule has 2 heterocycles. The summed E-state index contributed by atoms with van der Waals surface area (Å²) in [6.07, 6.45) is 0. The number of aliphatic hydroxyl groups excluding tert-OH is 1. The van der Waals surface area contributed by atoms with E-state index in [1.54, 1.807) is 31.4 Å². The molecule has 1 unspecified atom stereocenters. The molecule has 3 aromatic carbocycles. The molecule has 1 aliphatic rings. The summed E-state index contributed by atoms with van der Waals surface area (Å²) in [4.78, 5) is 33.1. The molecule has 4 aromatic rings. The van der Waals surface area contributed by atoms with Crippen LogP contribution in [0.25, 0.3) is 16.0 Å². The van der Waals surface area contributed by atoms with Gasteiger partial charge < -0.3 is 14.6 Å². The number of methoxy groups -OCH3 is 2. The largest absolute Gasteiger partial charge is 0.507 e. The van der Waals surface area contributed by atoms with Crippen LogP contribution in [-0.2, 0) is 9.59 Å². The van der Waals surface area contributed by atoms with Crippen molar-refractivity contribution in [2.75, 3.05) is 19.1 Å². The topological polar surface area (TPSA) is 89.0 Å². The number of Topliss-reactive ketones (excluding diaryl/α,β-unsaturated/α-hetero) is 1. The van der Waals surface area contributed by atoms with E-state index in [1.165, 1.54) is 23.3 Å². The van der Waals surface area contributed by atoms with Crippen LogP contribution in [0.1, 0.15) is 28.3 Å². The van der Waals surface area contributed by atoms with Crippen molar-refractivity contribution in [3.63, 3.8) is 0 Å². The molecule has 37 heavy (non-hydrogen) atoms. The summed E-state index contributed by atoms with van der Waals surface area (Å²) in [6, 6.07) is 15.3. The van der Waals surface area contributed by atoms with Crippen LogP contribution in [0.2, 0.25) is 5.02 Å². The molecule has 1 fully saturated rings. The van der Waals surface area contributed by atoms with Crippen molar-refractivity contribution in [2.45, 2.75) is 19.9 Å². The number of rotatable bonds is 5. The van der Waals surface area contributed by atoms with Crippen molar-refractivity contribution in [2.24, 2.45) is 0 Å². The Hall–Kier alpha value is -3.88. The van der Waals surface area contributed by atoms with Gasteiger partial charge in [-0.15, -0.1) is 0 Å². The number of carbonyl (C=O) groups excluding carboxylic acids is 2. The molecular formula is C28H23ClN2O5S. The van der Waals surface area contributed by atoms with Gasteiger partial charge in [-0.1, -0.05) is 52.8 Å². The molecule has 5 rings (SSSR count). The molecule has 1 atom stereocenters. The van der Waals surface area contributed by atoms with E-state index < -0.39 is 17.7 Å². The first-order valence-electron chi connectivity index (χ1n) is 11.4. The number of aryl methyl sites for hydroxylation is 2. The molecule has 1 amide bonds. The number of ketones is 1. The number of aromatic nitrogens is 1. The molecule has 7 nitrogen and oxygen atoms in total. The van der Waals surface area contributed by atoms with Crippen molar-refractivity contribution >= 4 is 55.7 Å². The first-order chi connectivity index (χ1) is 17.7. The van der Waals surface area contributed by atoms with Gasteiger partial charge in [0.05, 0.1) is 46.6 Å². The molecular weight excluding hydrogens is 512 g/mol. The second kappa shape index (κ2) is 9.53. The van der Waals surface area contributed by atoms with Gasteiger partial charge in [0.1, 0.15) is 17.3 Å². The number of anilines is 1. The number of fused-ring (bicyclic) bond motifs is 1. The average molecular weight is 535 g/mol. The number of thiazole rings is 1. The maximum atomic E-state index is 13.5. The lowest BCUT2D eigenvalue weighted by Gasteiger charge is -2.23. The zero-order chi connectivity index (χ0) is 26.4. The minimum absolute atomic E-state index is 0.0626. The number of aliphatic hydroxyl groups is 1. The van der Waals surface area contributed by atoms with E-state index in [0.717, 1.165) is 15.8 Å². The van der Waals surface area contributed by atoms with Crippen molar-refractivity contribution < 1.29 is 24.2 Å². The van der Waals surface area contributed by atoms with E-state index in [2.05, 4.69) is 4.98 Å². The Bertz CT molecular complexity index is 1610. The lowest BCUT2D eigenvalue weighted by molar-refractivity contribution is -0.132. The van der Waals surface area contributed by atoms with Crippen molar-refractivity contribution in [3.8, 4) is 11.5 Å². The van der Waals surface area contributed by atoms with Crippen LogP contribution in [0, 0.1) is 13.8 Å². The highest BCUT2D eigenvalue weighted by Crippen LogP contribution is 2.46. The summed E-state index contributed by atoms with van der Waals surface area (Å²) in [5.74, 6) is -1.09. The predicted molar refractivity (Wildman–Crippen MR) is 145 cm³/mol. The third-order valence-electron chi connectivity index (χ3n) is 6.24. The van der Waals surface area contributed by atoms with Gasteiger partial charge in [-0.2, -0.15) is 0 Å². The molecule has 0 aliphatic carbocycles. The Morgan fingerprint density at radius 1 is 1.03 bits per heavy atom. The van der Waals surface area contributed by atoms with Gasteiger partial charge in [0.25, 0.3) is 5.78 Å².